The molecule has 3 heterocycles. The maximum atomic E-state index is 11.7. The van der Waals surface area contributed by atoms with Crippen molar-refractivity contribution in [2.45, 2.75) is 31.9 Å². The van der Waals surface area contributed by atoms with Crippen molar-refractivity contribution in [2.75, 3.05) is 29.1 Å². The summed E-state index contributed by atoms with van der Waals surface area (Å²) in [5, 5.41) is 9.09. The quantitative estimate of drug-likeness (QED) is 0.748. The Morgan fingerprint density at radius 1 is 1.53 bits per heavy atom. The van der Waals surface area contributed by atoms with E-state index in [1.165, 1.54) is 6.33 Å². The van der Waals surface area contributed by atoms with Crippen LogP contribution in [0.5, 0.6) is 0 Å². The standard InChI is InChI=1S/C12H17N5O2/c1-7-12(18)17-9-10(14-6-15-11(9)16-7)13-5-8-3-2-4-19-8/h6-8H,2-5H2,1H3,(H,17,18)(H2,13,14,15,16). The number of hydrogen-bond acceptors (Lipinski definition) is 6. The van der Waals surface area contributed by atoms with Crippen molar-refractivity contribution in [2.24, 2.45) is 0 Å². The summed E-state index contributed by atoms with van der Waals surface area (Å²) in [6.07, 6.45) is 3.86. The van der Waals surface area contributed by atoms with Crippen molar-refractivity contribution < 1.29 is 9.53 Å². The molecule has 2 unspecified atom stereocenters. The van der Waals surface area contributed by atoms with Crippen LogP contribution in [0.3, 0.4) is 0 Å². The van der Waals surface area contributed by atoms with E-state index in [2.05, 4.69) is 25.9 Å². The maximum absolute atomic E-state index is 11.7. The molecule has 0 aromatic carbocycles. The van der Waals surface area contributed by atoms with Crippen molar-refractivity contribution >= 4 is 23.2 Å². The zero-order chi connectivity index (χ0) is 13.2. The number of aromatic nitrogens is 2. The highest BCUT2D eigenvalue weighted by Crippen LogP contribution is 2.30. The second-order valence-electron chi connectivity index (χ2n) is 4.82. The highest BCUT2D eigenvalue weighted by Gasteiger charge is 2.25. The van der Waals surface area contributed by atoms with Gasteiger partial charge in [0.1, 0.15) is 18.1 Å². The number of nitrogens with one attached hydrogen (secondary N) is 3. The van der Waals surface area contributed by atoms with Gasteiger partial charge in [-0.1, -0.05) is 0 Å². The summed E-state index contributed by atoms with van der Waals surface area (Å²) in [4.78, 5) is 20.0. The number of carbonyl (C=O) groups is 1. The van der Waals surface area contributed by atoms with Gasteiger partial charge in [-0.05, 0) is 19.8 Å². The van der Waals surface area contributed by atoms with Crippen LogP contribution in [0.15, 0.2) is 6.33 Å². The van der Waals surface area contributed by atoms with Crippen molar-refractivity contribution in [1.29, 1.82) is 0 Å². The molecule has 0 spiro atoms. The lowest BCUT2D eigenvalue weighted by Crippen LogP contribution is -2.37. The van der Waals surface area contributed by atoms with Gasteiger partial charge in [0.15, 0.2) is 11.6 Å². The van der Waals surface area contributed by atoms with E-state index >= 15 is 0 Å². The van der Waals surface area contributed by atoms with E-state index in [1.54, 1.807) is 6.92 Å². The topological polar surface area (TPSA) is 88.2 Å². The molecule has 3 rings (SSSR count). The highest BCUT2D eigenvalue weighted by atomic mass is 16.5. The molecule has 1 aromatic rings. The Morgan fingerprint density at radius 3 is 3.21 bits per heavy atom. The molecule has 1 aromatic heterocycles. The lowest BCUT2D eigenvalue weighted by molar-refractivity contribution is -0.116. The van der Waals surface area contributed by atoms with Crippen molar-refractivity contribution in [3.8, 4) is 0 Å². The summed E-state index contributed by atoms with van der Waals surface area (Å²) in [6.45, 7) is 3.30. The summed E-state index contributed by atoms with van der Waals surface area (Å²) in [6, 6.07) is -0.284. The van der Waals surface area contributed by atoms with Crippen LogP contribution in [0.4, 0.5) is 17.3 Å². The van der Waals surface area contributed by atoms with E-state index in [0.29, 0.717) is 23.9 Å². The third kappa shape index (κ3) is 2.46. The Balaban J connectivity index is 1.74. The zero-order valence-corrected chi connectivity index (χ0v) is 10.8. The predicted octanol–water partition coefficient (Wildman–Crippen LogP) is 0.820. The summed E-state index contributed by atoms with van der Waals surface area (Å²) in [7, 11) is 0. The van der Waals surface area contributed by atoms with E-state index in [-0.39, 0.29) is 18.1 Å². The molecule has 0 bridgehead atoms. The fourth-order valence-corrected chi connectivity index (χ4v) is 2.27. The molecule has 0 radical (unpaired) electrons. The van der Waals surface area contributed by atoms with Gasteiger partial charge in [-0.25, -0.2) is 9.97 Å². The van der Waals surface area contributed by atoms with Crippen LogP contribution in [0, 0.1) is 0 Å². The third-order valence-electron chi connectivity index (χ3n) is 3.36. The van der Waals surface area contributed by atoms with E-state index in [0.717, 1.165) is 19.4 Å². The van der Waals surface area contributed by atoms with Crippen LogP contribution in [-0.2, 0) is 9.53 Å². The predicted molar refractivity (Wildman–Crippen MR) is 71.2 cm³/mol. The van der Waals surface area contributed by atoms with E-state index in [9.17, 15) is 4.79 Å². The zero-order valence-electron chi connectivity index (χ0n) is 10.8. The van der Waals surface area contributed by atoms with Crippen LogP contribution in [0.25, 0.3) is 0 Å². The minimum atomic E-state index is -0.284. The molecule has 2 atom stereocenters. The van der Waals surface area contributed by atoms with Gasteiger partial charge in [-0.15, -0.1) is 0 Å². The van der Waals surface area contributed by atoms with E-state index < -0.39 is 0 Å². The Kier molecular flexibility index (Phi) is 3.20. The average Bonchev–Trinajstić information content (AvgIpc) is 2.91. The summed E-state index contributed by atoms with van der Waals surface area (Å²) < 4.78 is 5.55. The molecule has 1 saturated heterocycles. The van der Waals surface area contributed by atoms with Gasteiger partial charge in [0.2, 0.25) is 5.91 Å². The monoisotopic (exact) mass is 263 g/mol. The molecule has 2 aliphatic heterocycles. The van der Waals surface area contributed by atoms with Gasteiger partial charge in [0.25, 0.3) is 0 Å². The van der Waals surface area contributed by atoms with Crippen molar-refractivity contribution in [3.63, 3.8) is 0 Å². The third-order valence-corrected chi connectivity index (χ3v) is 3.36. The lowest BCUT2D eigenvalue weighted by Gasteiger charge is -2.24. The van der Waals surface area contributed by atoms with Crippen LogP contribution in [0.2, 0.25) is 0 Å². The number of amides is 1. The maximum Gasteiger partial charge on any atom is 0.246 e. The molecule has 2 aliphatic rings. The van der Waals surface area contributed by atoms with Crippen LogP contribution >= 0.6 is 0 Å². The number of fused-ring (bicyclic) bond motifs is 1. The van der Waals surface area contributed by atoms with Gasteiger partial charge in [-0.3, -0.25) is 4.79 Å². The largest absolute Gasteiger partial charge is 0.376 e. The first-order valence-corrected chi connectivity index (χ1v) is 6.52. The van der Waals surface area contributed by atoms with E-state index in [1.807, 2.05) is 0 Å². The van der Waals surface area contributed by atoms with Crippen molar-refractivity contribution in [1.82, 2.24) is 9.97 Å². The molecular formula is C12H17N5O2. The van der Waals surface area contributed by atoms with Gasteiger partial charge in [0, 0.05) is 13.2 Å². The Labute approximate surface area is 111 Å². The first-order chi connectivity index (χ1) is 9.24. The normalized spacial score (nSPS) is 25.4. The SMILES string of the molecule is CC1Nc2ncnc(NCC3CCCO3)c2NC1=O. The second kappa shape index (κ2) is 5.00. The van der Waals surface area contributed by atoms with Crippen molar-refractivity contribution in [3.05, 3.63) is 6.33 Å². The molecule has 0 aliphatic carbocycles. The minimum Gasteiger partial charge on any atom is -0.376 e. The molecule has 19 heavy (non-hydrogen) atoms. The van der Waals surface area contributed by atoms with Crippen LogP contribution in [0.1, 0.15) is 19.8 Å². The molecular weight excluding hydrogens is 246 g/mol. The van der Waals surface area contributed by atoms with Gasteiger partial charge in [0.05, 0.1) is 6.10 Å². The number of anilines is 3. The fourth-order valence-electron chi connectivity index (χ4n) is 2.27. The summed E-state index contributed by atoms with van der Waals surface area (Å²) in [5.41, 5.74) is 0.614. The molecule has 7 heteroatoms. The first-order valence-electron chi connectivity index (χ1n) is 6.52. The van der Waals surface area contributed by atoms with Crippen LogP contribution in [-0.4, -0.2) is 41.2 Å². The number of hydrogen-bond donors (Lipinski definition) is 3. The number of rotatable bonds is 3. The van der Waals surface area contributed by atoms with Gasteiger partial charge >= 0.3 is 0 Å². The second-order valence-corrected chi connectivity index (χ2v) is 4.82. The smallest absolute Gasteiger partial charge is 0.246 e. The first kappa shape index (κ1) is 12.2. The molecule has 3 N–H and O–H groups in total. The molecule has 7 nitrogen and oxygen atoms in total. The van der Waals surface area contributed by atoms with Gasteiger partial charge in [-0.2, -0.15) is 0 Å². The summed E-state index contributed by atoms with van der Waals surface area (Å²) in [5.74, 6) is 1.20. The number of ether oxygens (including phenoxy) is 1. The number of nitrogens with zero attached hydrogens (tertiary/aromatic N) is 2. The lowest BCUT2D eigenvalue weighted by atomic mass is 10.2. The highest BCUT2D eigenvalue weighted by molar-refractivity contribution is 6.04. The van der Waals surface area contributed by atoms with Gasteiger partial charge < -0.3 is 20.7 Å². The minimum absolute atomic E-state index is 0.0810. The molecule has 102 valence electrons. The van der Waals surface area contributed by atoms with E-state index in [4.69, 9.17) is 4.74 Å². The molecule has 1 amide bonds. The number of carbonyl (C=O) groups excluding carboxylic acids is 1. The Hall–Kier alpha value is -1.89. The molecule has 0 saturated carbocycles. The molecule has 1 fully saturated rings. The van der Waals surface area contributed by atoms with Crippen LogP contribution < -0.4 is 16.0 Å². The summed E-state index contributed by atoms with van der Waals surface area (Å²) >= 11 is 0. The Bertz CT molecular complexity index is 487. The fraction of sp³-hybridized carbons (Fsp3) is 0.583. The average molecular weight is 263 g/mol. The Morgan fingerprint density at radius 2 is 2.42 bits per heavy atom.